The van der Waals surface area contributed by atoms with Gasteiger partial charge in [-0.2, -0.15) is 0 Å². The van der Waals surface area contributed by atoms with Crippen molar-refractivity contribution in [1.82, 2.24) is 15.3 Å². The van der Waals surface area contributed by atoms with E-state index >= 15 is 4.39 Å². The van der Waals surface area contributed by atoms with Crippen LogP contribution in [0.3, 0.4) is 0 Å². The fraction of sp³-hybridized carbons (Fsp3) is 0.182. The molecule has 3 aromatic carbocycles. The quantitative estimate of drug-likeness (QED) is 0.230. The van der Waals surface area contributed by atoms with Crippen LogP contribution in [0.2, 0.25) is 0 Å². The number of hydrogen-bond acceptors (Lipinski definition) is 6. The highest BCUT2D eigenvalue weighted by Gasteiger charge is 2.48. The van der Waals surface area contributed by atoms with Gasteiger partial charge in [0.05, 0.1) is 16.4 Å². The average molecular weight is 566 g/mol. The van der Waals surface area contributed by atoms with Crippen molar-refractivity contribution in [3.8, 4) is 22.5 Å². The molecule has 0 bridgehead atoms. The summed E-state index contributed by atoms with van der Waals surface area (Å²) in [5.74, 6) is -1.30. The topological polar surface area (TPSA) is 102 Å². The number of halogens is 2. The van der Waals surface area contributed by atoms with Crippen molar-refractivity contribution in [1.29, 1.82) is 0 Å². The normalized spacial score (nSPS) is 14.0. The number of nitrogens with one attached hydrogen (secondary N) is 1. The Morgan fingerprint density at radius 2 is 1.69 bits per heavy atom. The third-order valence-corrected chi connectivity index (χ3v) is 7.81. The molecule has 210 valence electrons. The minimum Gasteiger partial charge on any atom is -0.455 e. The van der Waals surface area contributed by atoms with Crippen molar-refractivity contribution >= 4 is 28.4 Å². The molecule has 0 atom stereocenters. The van der Waals surface area contributed by atoms with Crippen molar-refractivity contribution in [2.24, 2.45) is 0 Å². The van der Waals surface area contributed by atoms with Crippen LogP contribution < -0.4 is 5.32 Å². The summed E-state index contributed by atoms with van der Waals surface area (Å²) in [6, 6.07) is 15.2. The monoisotopic (exact) mass is 565 g/mol. The summed E-state index contributed by atoms with van der Waals surface area (Å²) in [7, 11) is 1.43. The highest BCUT2D eigenvalue weighted by atomic mass is 19.1. The van der Waals surface area contributed by atoms with Crippen LogP contribution in [0.1, 0.15) is 51.4 Å². The first-order valence-corrected chi connectivity index (χ1v) is 13.4. The first kappa shape index (κ1) is 27.1. The Labute approximate surface area is 239 Å². The summed E-state index contributed by atoms with van der Waals surface area (Å²) < 4.78 is 35.9. The SMILES string of the molecule is CNC(=O)c1c(-c2ccc(F)cc2)oc2ccc(-c3cc(C(=O)CC4(c5ncccn5)CC(=O)C4)ccc3C)c(F)c12. The smallest absolute Gasteiger partial charge is 0.255 e. The number of furan rings is 1. The van der Waals surface area contributed by atoms with Gasteiger partial charge in [-0.25, -0.2) is 18.7 Å². The number of carbonyl (C=O) groups is 3. The van der Waals surface area contributed by atoms with E-state index in [2.05, 4.69) is 15.3 Å². The molecular formula is C33H25F2N3O4. The van der Waals surface area contributed by atoms with Crippen LogP contribution in [0, 0.1) is 18.6 Å². The molecule has 0 saturated heterocycles. The molecule has 1 fully saturated rings. The molecule has 2 heterocycles. The fourth-order valence-electron chi connectivity index (χ4n) is 5.64. The number of Topliss-reactive ketones (excluding diaryl/α,β-unsaturated/α-hetero) is 2. The third-order valence-electron chi connectivity index (χ3n) is 7.81. The van der Waals surface area contributed by atoms with Crippen LogP contribution in [-0.2, 0) is 10.2 Å². The molecule has 0 spiro atoms. The van der Waals surface area contributed by atoms with Crippen LogP contribution in [0.4, 0.5) is 8.78 Å². The summed E-state index contributed by atoms with van der Waals surface area (Å²) in [5, 5.41) is 2.52. The van der Waals surface area contributed by atoms with Gasteiger partial charge in [-0.05, 0) is 66.6 Å². The second-order valence-electron chi connectivity index (χ2n) is 10.6. The highest BCUT2D eigenvalue weighted by molar-refractivity contribution is 6.12. The molecule has 6 rings (SSSR count). The molecule has 0 aliphatic heterocycles. The van der Waals surface area contributed by atoms with E-state index in [0.29, 0.717) is 28.1 Å². The Bertz CT molecular complexity index is 1870. The lowest BCUT2D eigenvalue weighted by molar-refractivity contribution is -0.128. The van der Waals surface area contributed by atoms with Crippen molar-refractivity contribution < 1.29 is 27.6 Å². The number of amides is 1. The molecule has 5 aromatic rings. The van der Waals surface area contributed by atoms with E-state index in [1.165, 1.54) is 31.3 Å². The first-order chi connectivity index (χ1) is 20.2. The van der Waals surface area contributed by atoms with Gasteiger partial charge in [0.2, 0.25) is 0 Å². The largest absolute Gasteiger partial charge is 0.455 e. The van der Waals surface area contributed by atoms with Gasteiger partial charge in [-0.15, -0.1) is 0 Å². The Balaban J connectivity index is 1.42. The van der Waals surface area contributed by atoms with Gasteiger partial charge in [0.25, 0.3) is 5.91 Å². The molecule has 0 unspecified atom stereocenters. The Morgan fingerprint density at radius 3 is 2.36 bits per heavy atom. The summed E-state index contributed by atoms with van der Waals surface area (Å²) in [4.78, 5) is 47.1. The van der Waals surface area contributed by atoms with Gasteiger partial charge < -0.3 is 9.73 Å². The number of aryl methyl sites for hydroxylation is 1. The van der Waals surface area contributed by atoms with Crippen LogP contribution in [0.15, 0.2) is 77.5 Å². The Hall–Kier alpha value is -5.05. The van der Waals surface area contributed by atoms with Gasteiger partial charge in [0, 0.05) is 55.4 Å². The number of benzene rings is 3. The van der Waals surface area contributed by atoms with E-state index in [4.69, 9.17) is 4.42 Å². The minimum absolute atomic E-state index is 0.0113. The third kappa shape index (κ3) is 4.56. The van der Waals surface area contributed by atoms with Gasteiger partial charge in [-0.1, -0.05) is 12.1 Å². The van der Waals surface area contributed by atoms with E-state index in [-0.39, 0.29) is 58.7 Å². The number of nitrogens with zero attached hydrogens (tertiary/aromatic N) is 2. The number of hydrogen-bond donors (Lipinski definition) is 1. The molecule has 1 aliphatic rings. The zero-order chi connectivity index (χ0) is 29.6. The standard InChI is InChI=1S/C33H25F2N3O4/c1-18-4-5-20(25(40)17-33(15-22(39)16-33)32-37-12-3-13-38-32)14-24(18)23-10-11-26-27(29(23)35)28(31(41)36-2)30(42-26)19-6-8-21(34)9-7-19/h3-14H,15-17H2,1-2H3,(H,36,41). The molecular weight excluding hydrogens is 540 g/mol. The lowest BCUT2D eigenvalue weighted by Gasteiger charge is -2.38. The maximum atomic E-state index is 16.4. The molecule has 1 N–H and O–H groups in total. The van der Waals surface area contributed by atoms with Gasteiger partial charge in [0.1, 0.15) is 34.6 Å². The predicted octanol–water partition coefficient (Wildman–Crippen LogP) is 6.38. The second-order valence-corrected chi connectivity index (χ2v) is 10.6. The summed E-state index contributed by atoms with van der Waals surface area (Å²) in [5.41, 5.74) is 1.53. The molecule has 42 heavy (non-hydrogen) atoms. The first-order valence-electron chi connectivity index (χ1n) is 13.4. The molecule has 1 saturated carbocycles. The van der Waals surface area contributed by atoms with Gasteiger partial charge in [-0.3, -0.25) is 14.4 Å². The lowest BCUT2D eigenvalue weighted by atomic mass is 9.64. The van der Waals surface area contributed by atoms with Crippen LogP contribution in [0.5, 0.6) is 0 Å². The lowest BCUT2D eigenvalue weighted by Crippen LogP contribution is -2.44. The number of ketones is 2. The average Bonchev–Trinajstić information content (AvgIpc) is 3.38. The zero-order valence-corrected chi connectivity index (χ0v) is 22.8. The van der Waals surface area contributed by atoms with Crippen LogP contribution in [0.25, 0.3) is 33.4 Å². The maximum absolute atomic E-state index is 16.4. The van der Waals surface area contributed by atoms with Crippen molar-refractivity contribution in [2.45, 2.75) is 31.6 Å². The number of aromatic nitrogens is 2. The van der Waals surface area contributed by atoms with E-state index in [1.807, 2.05) is 0 Å². The van der Waals surface area contributed by atoms with E-state index in [1.54, 1.807) is 55.7 Å². The Kier molecular flexibility index (Phi) is 6.73. The molecule has 0 radical (unpaired) electrons. The molecule has 1 aliphatic carbocycles. The number of fused-ring (bicyclic) bond motifs is 1. The van der Waals surface area contributed by atoms with Crippen LogP contribution in [-0.4, -0.2) is 34.5 Å². The van der Waals surface area contributed by atoms with Gasteiger partial charge in [0.15, 0.2) is 5.78 Å². The zero-order valence-electron chi connectivity index (χ0n) is 22.8. The highest BCUT2D eigenvalue weighted by Crippen LogP contribution is 2.44. The molecule has 7 nitrogen and oxygen atoms in total. The maximum Gasteiger partial charge on any atom is 0.255 e. The molecule has 9 heteroatoms. The van der Waals surface area contributed by atoms with Gasteiger partial charge >= 0.3 is 0 Å². The second kappa shape index (κ2) is 10.4. The van der Waals surface area contributed by atoms with Crippen molar-refractivity contribution in [2.75, 3.05) is 7.05 Å². The van der Waals surface area contributed by atoms with E-state index < -0.39 is 23.0 Å². The fourth-order valence-corrected chi connectivity index (χ4v) is 5.64. The number of rotatable bonds is 7. The summed E-state index contributed by atoms with van der Waals surface area (Å²) >= 11 is 0. The van der Waals surface area contributed by atoms with Crippen LogP contribution >= 0.6 is 0 Å². The van der Waals surface area contributed by atoms with E-state index in [0.717, 1.165) is 0 Å². The van der Waals surface area contributed by atoms with E-state index in [9.17, 15) is 18.8 Å². The van der Waals surface area contributed by atoms with Crippen molar-refractivity contribution in [3.63, 3.8) is 0 Å². The number of carbonyl (C=O) groups excluding carboxylic acids is 3. The summed E-state index contributed by atoms with van der Waals surface area (Å²) in [6.45, 7) is 1.80. The summed E-state index contributed by atoms with van der Waals surface area (Å²) in [6.07, 6.45) is 3.59. The molecule has 1 amide bonds. The van der Waals surface area contributed by atoms with Crippen molar-refractivity contribution in [3.05, 3.63) is 107 Å². The predicted molar refractivity (Wildman–Crippen MR) is 152 cm³/mol. The molecule has 2 aromatic heterocycles. The Morgan fingerprint density at radius 1 is 0.976 bits per heavy atom. The minimum atomic E-state index is -0.763.